The average molecular weight is 473 g/mol. The molecule has 2 aliphatic heterocycles. The molecular weight excluding hydrogens is 455 g/mol. The first-order valence-corrected chi connectivity index (χ1v) is 11.0. The number of hydrazone groups is 1. The largest absolute Gasteiger partial charge is 0.464 e. The maximum absolute atomic E-state index is 13.5. The van der Waals surface area contributed by atoms with Crippen LogP contribution in [0.25, 0.3) is 10.8 Å². The van der Waals surface area contributed by atoms with Gasteiger partial charge in [-0.2, -0.15) is 5.10 Å². The van der Waals surface area contributed by atoms with E-state index < -0.39 is 6.23 Å². The zero-order valence-corrected chi connectivity index (χ0v) is 18.1. The van der Waals surface area contributed by atoms with Gasteiger partial charge in [0.25, 0.3) is 0 Å². The van der Waals surface area contributed by atoms with Crippen LogP contribution in [0.4, 0.5) is 4.39 Å². The van der Waals surface area contributed by atoms with Crippen molar-refractivity contribution in [2.75, 3.05) is 0 Å². The number of fused-ring (bicyclic) bond motifs is 4. The topological polar surface area (TPSA) is 24.8 Å². The molecule has 0 spiro atoms. The lowest BCUT2D eigenvalue weighted by Gasteiger charge is -2.38. The third kappa shape index (κ3) is 3.20. The number of hydrogen-bond donors (Lipinski definition) is 0. The standard InChI is InChI=1S/C26H18BrFN2O/c27-20-9-12-25-22(14-20)24-15-23(19-6-5-16-3-1-2-4-18(16)13-19)29-30(24)26(31-25)17-7-10-21(28)11-8-17/h1-14,24,26H,15H2/t24-,26+/m1/s1. The van der Waals surface area contributed by atoms with Gasteiger partial charge in [0.1, 0.15) is 11.6 Å². The molecule has 0 amide bonds. The smallest absolute Gasteiger partial charge is 0.213 e. The Morgan fingerprint density at radius 2 is 1.71 bits per heavy atom. The summed E-state index contributed by atoms with van der Waals surface area (Å²) in [6, 6.07) is 27.4. The monoisotopic (exact) mass is 472 g/mol. The molecule has 4 aromatic rings. The summed E-state index contributed by atoms with van der Waals surface area (Å²) in [6.45, 7) is 0. The lowest BCUT2D eigenvalue weighted by Crippen LogP contribution is -2.33. The summed E-state index contributed by atoms with van der Waals surface area (Å²) < 4.78 is 20.9. The molecule has 152 valence electrons. The minimum absolute atomic E-state index is 0.0535. The molecule has 3 nitrogen and oxygen atoms in total. The summed E-state index contributed by atoms with van der Waals surface area (Å²) in [7, 11) is 0. The Morgan fingerprint density at radius 1 is 0.903 bits per heavy atom. The van der Waals surface area contributed by atoms with Gasteiger partial charge < -0.3 is 4.74 Å². The number of benzene rings is 4. The van der Waals surface area contributed by atoms with Crippen molar-refractivity contribution >= 4 is 32.4 Å². The van der Waals surface area contributed by atoms with Crippen molar-refractivity contribution in [3.63, 3.8) is 0 Å². The Bertz CT molecular complexity index is 1340. The summed E-state index contributed by atoms with van der Waals surface area (Å²) in [5, 5.41) is 9.44. The zero-order valence-electron chi connectivity index (χ0n) is 16.5. The van der Waals surface area contributed by atoms with Gasteiger partial charge in [-0.15, -0.1) is 0 Å². The van der Waals surface area contributed by atoms with E-state index in [-0.39, 0.29) is 11.9 Å². The van der Waals surface area contributed by atoms with Gasteiger partial charge in [-0.05, 0) is 52.7 Å². The summed E-state index contributed by atoms with van der Waals surface area (Å²) in [6.07, 6.45) is 0.375. The molecule has 0 fully saturated rings. The lowest BCUT2D eigenvalue weighted by atomic mass is 9.95. The second-order valence-corrected chi connectivity index (χ2v) is 8.83. The van der Waals surface area contributed by atoms with Crippen molar-refractivity contribution in [2.45, 2.75) is 18.7 Å². The second-order valence-electron chi connectivity index (χ2n) is 7.91. The molecule has 5 heteroatoms. The highest BCUT2D eigenvalue weighted by Crippen LogP contribution is 2.48. The normalized spacial score (nSPS) is 19.5. The fourth-order valence-electron chi connectivity index (χ4n) is 4.45. The van der Waals surface area contributed by atoms with Crippen LogP contribution in [0, 0.1) is 5.82 Å². The molecular formula is C26H18BrFN2O. The Hall–Kier alpha value is -3.18. The minimum Gasteiger partial charge on any atom is -0.464 e. The fourth-order valence-corrected chi connectivity index (χ4v) is 4.83. The third-order valence-corrected chi connectivity index (χ3v) is 6.48. The highest BCUT2D eigenvalue weighted by Gasteiger charge is 2.41. The quantitative estimate of drug-likeness (QED) is 0.314. The Morgan fingerprint density at radius 3 is 2.55 bits per heavy atom. The van der Waals surface area contributed by atoms with E-state index in [9.17, 15) is 4.39 Å². The minimum atomic E-state index is -0.405. The van der Waals surface area contributed by atoms with Crippen LogP contribution in [0.5, 0.6) is 5.75 Å². The second kappa shape index (κ2) is 7.20. The molecule has 4 aromatic carbocycles. The maximum atomic E-state index is 13.5. The van der Waals surface area contributed by atoms with Gasteiger partial charge >= 0.3 is 0 Å². The first-order chi connectivity index (χ1) is 15.2. The zero-order chi connectivity index (χ0) is 20.9. The molecule has 2 atom stereocenters. The fraction of sp³-hybridized carbons (Fsp3) is 0.115. The SMILES string of the molecule is Fc1ccc([C@@H]2Oc3ccc(Br)cc3[C@H]3CC(c4ccc5ccccc5c4)=NN32)cc1. The molecule has 0 aliphatic carbocycles. The molecule has 0 radical (unpaired) electrons. The molecule has 0 bridgehead atoms. The number of rotatable bonds is 2. The average Bonchev–Trinajstić information content (AvgIpc) is 3.25. The van der Waals surface area contributed by atoms with Gasteiger partial charge in [0.15, 0.2) is 0 Å². The van der Waals surface area contributed by atoms with E-state index in [1.54, 1.807) is 12.1 Å². The van der Waals surface area contributed by atoms with E-state index in [2.05, 4.69) is 64.5 Å². The number of ether oxygens (including phenoxy) is 1. The van der Waals surface area contributed by atoms with Crippen LogP contribution in [0.3, 0.4) is 0 Å². The van der Waals surface area contributed by atoms with Crippen molar-refractivity contribution in [3.05, 3.63) is 112 Å². The van der Waals surface area contributed by atoms with Crippen LogP contribution in [0.15, 0.2) is 94.5 Å². The van der Waals surface area contributed by atoms with Gasteiger partial charge in [0, 0.05) is 22.0 Å². The first-order valence-electron chi connectivity index (χ1n) is 10.2. The molecule has 0 N–H and O–H groups in total. The van der Waals surface area contributed by atoms with Gasteiger partial charge in [0.2, 0.25) is 6.23 Å². The molecule has 6 rings (SSSR count). The molecule has 0 aromatic heterocycles. The Kier molecular flexibility index (Phi) is 4.32. The van der Waals surface area contributed by atoms with Crippen molar-refractivity contribution in [2.24, 2.45) is 5.10 Å². The van der Waals surface area contributed by atoms with Gasteiger partial charge in [0.05, 0.1) is 11.8 Å². The van der Waals surface area contributed by atoms with Crippen LogP contribution >= 0.6 is 15.9 Å². The van der Waals surface area contributed by atoms with Crippen LogP contribution in [0.2, 0.25) is 0 Å². The van der Waals surface area contributed by atoms with Gasteiger partial charge in [-0.25, -0.2) is 9.40 Å². The van der Waals surface area contributed by atoms with Crippen LogP contribution in [-0.2, 0) is 0 Å². The van der Waals surface area contributed by atoms with E-state index in [0.29, 0.717) is 0 Å². The molecule has 2 aliphatic rings. The molecule has 0 saturated carbocycles. The van der Waals surface area contributed by atoms with Crippen molar-refractivity contribution < 1.29 is 9.13 Å². The van der Waals surface area contributed by atoms with Gasteiger partial charge in [-0.3, -0.25) is 0 Å². The molecule has 2 heterocycles. The number of nitrogens with zero attached hydrogens (tertiary/aromatic N) is 2. The molecule has 0 unspecified atom stereocenters. The first kappa shape index (κ1) is 18.6. The van der Waals surface area contributed by atoms with E-state index in [1.165, 1.54) is 22.9 Å². The highest BCUT2D eigenvalue weighted by atomic mass is 79.9. The van der Waals surface area contributed by atoms with E-state index >= 15 is 0 Å². The number of halogens is 2. The predicted octanol–water partition coefficient (Wildman–Crippen LogP) is 6.98. The maximum Gasteiger partial charge on any atom is 0.213 e. The van der Waals surface area contributed by atoms with E-state index in [1.807, 2.05) is 17.1 Å². The lowest BCUT2D eigenvalue weighted by molar-refractivity contribution is -0.0191. The van der Waals surface area contributed by atoms with Crippen LogP contribution < -0.4 is 4.74 Å². The van der Waals surface area contributed by atoms with E-state index in [4.69, 9.17) is 9.84 Å². The summed E-state index contributed by atoms with van der Waals surface area (Å²) in [5.74, 6) is 0.580. The van der Waals surface area contributed by atoms with E-state index in [0.717, 1.165) is 39.0 Å². The summed E-state index contributed by atoms with van der Waals surface area (Å²) in [5.41, 5.74) is 4.12. The Labute approximate surface area is 187 Å². The summed E-state index contributed by atoms with van der Waals surface area (Å²) >= 11 is 3.59. The molecule has 0 saturated heterocycles. The molecule has 31 heavy (non-hydrogen) atoms. The van der Waals surface area contributed by atoms with Crippen LogP contribution in [0.1, 0.15) is 35.4 Å². The Balaban J connectivity index is 1.45. The predicted molar refractivity (Wildman–Crippen MR) is 124 cm³/mol. The summed E-state index contributed by atoms with van der Waals surface area (Å²) in [4.78, 5) is 0. The highest BCUT2D eigenvalue weighted by molar-refractivity contribution is 9.10. The van der Waals surface area contributed by atoms with Crippen molar-refractivity contribution in [1.29, 1.82) is 0 Å². The van der Waals surface area contributed by atoms with Crippen LogP contribution in [-0.4, -0.2) is 10.7 Å². The van der Waals surface area contributed by atoms with Crippen molar-refractivity contribution in [3.8, 4) is 5.75 Å². The van der Waals surface area contributed by atoms with Crippen molar-refractivity contribution in [1.82, 2.24) is 5.01 Å². The third-order valence-electron chi connectivity index (χ3n) is 5.99. The number of hydrogen-bond acceptors (Lipinski definition) is 3. The van der Waals surface area contributed by atoms with Gasteiger partial charge in [-0.1, -0.05) is 64.5 Å².